The Kier molecular flexibility index (Phi) is 6.33. The van der Waals surface area contributed by atoms with Crippen molar-refractivity contribution in [3.8, 4) is 22.6 Å². The summed E-state index contributed by atoms with van der Waals surface area (Å²) >= 11 is 6.51. The number of ether oxygens (including phenoxy) is 1. The van der Waals surface area contributed by atoms with Crippen molar-refractivity contribution in [3.05, 3.63) is 63.9 Å². The first-order valence-corrected chi connectivity index (χ1v) is 12.1. The SMILES string of the molecule is C=CC(=O)N1CC2COc3c(c4cc(Cl)c(-c5c(O)cccc5F)c(F)c4n(CCO)c3=O)N2CC1C. The van der Waals surface area contributed by atoms with E-state index in [0.717, 1.165) is 10.6 Å². The topological polar surface area (TPSA) is 95.2 Å². The Hall–Kier alpha value is -3.63. The normalized spacial score (nSPS) is 18.8. The van der Waals surface area contributed by atoms with Crippen LogP contribution in [-0.4, -0.2) is 64.0 Å². The number of phenols is 1. The van der Waals surface area contributed by atoms with E-state index >= 15 is 4.39 Å². The molecule has 0 spiro atoms. The van der Waals surface area contributed by atoms with Crippen LogP contribution in [0.15, 0.2) is 41.7 Å². The summed E-state index contributed by atoms with van der Waals surface area (Å²) in [7, 11) is 0. The number of phenolic OH excluding ortho intramolecular Hbond substituents is 1. The van der Waals surface area contributed by atoms with Crippen molar-refractivity contribution in [1.82, 2.24) is 9.47 Å². The van der Waals surface area contributed by atoms with Crippen molar-refractivity contribution >= 4 is 34.1 Å². The highest BCUT2D eigenvalue weighted by Crippen LogP contribution is 2.46. The van der Waals surface area contributed by atoms with E-state index in [1.165, 1.54) is 24.3 Å². The van der Waals surface area contributed by atoms with Gasteiger partial charge in [-0.25, -0.2) is 8.78 Å². The molecule has 0 aliphatic carbocycles. The predicted octanol–water partition coefficient (Wildman–Crippen LogP) is 3.28. The summed E-state index contributed by atoms with van der Waals surface area (Å²) in [5, 5.41) is 20.0. The van der Waals surface area contributed by atoms with E-state index in [9.17, 15) is 24.2 Å². The van der Waals surface area contributed by atoms with Crippen molar-refractivity contribution in [2.45, 2.75) is 25.6 Å². The molecular weight excluding hydrogens is 508 g/mol. The fourth-order valence-corrected chi connectivity index (χ4v) is 5.56. The molecule has 0 radical (unpaired) electrons. The molecule has 1 fully saturated rings. The Balaban J connectivity index is 1.80. The lowest BCUT2D eigenvalue weighted by Gasteiger charge is -2.48. The lowest BCUT2D eigenvalue weighted by Crippen LogP contribution is -2.62. The first-order chi connectivity index (χ1) is 17.7. The van der Waals surface area contributed by atoms with Crippen LogP contribution >= 0.6 is 11.6 Å². The molecule has 2 N–H and O–H groups in total. The molecule has 0 bridgehead atoms. The minimum Gasteiger partial charge on any atom is -0.507 e. The predicted molar refractivity (Wildman–Crippen MR) is 135 cm³/mol. The summed E-state index contributed by atoms with van der Waals surface area (Å²) < 4.78 is 37.9. The van der Waals surface area contributed by atoms with Gasteiger partial charge in [-0.15, -0.1) is 0 Å². The molecule has 1 amide bonds. The van der Waals surface area contributed by atoms with Gasteiger partial charge in [-0.3, -0.25) is 14.2 Å². The van der Waals surface area contributed by atoms with Gasteiger partial charge in [0.05, 0.1) is 34.4 Å². The number of carbonyl (C=O) groups excluding carboxylic acids is 1. The maximum absolute atomic E-state index is 16.3. The summed E-state index contributed by atoms with van der Waals surface area (Å²) in [5.41, 5.74) is -1.41. The molecule has 11 heteroatoms. The van der Waals surface area contributed by atoms with Crippen LogP contribution < -0.4 is 15.2 Å². The van der Waals surface area contributed by atoms with E-state index in [2.05, 4.69) is 6.58 Å². The molecule has 3 heterocycles. The van der Waals surface area contributed by atoms with Crippen LogP contribution in [0.1, 0.15) is 6.92 Å². The lowest BCUT2D eigenvalue weighted by molar-refractivity contribution is -0.129. The number of hydrogen-bond acceptors (Lipinski definition) is 6. The lowest BCUT2D eigenvalue weighted by atomic mass is 9.97. The monoisotopic (exact) mass is 531 g/mol. The maximum atomic E-state index is 16.3. The van der Waals surface area contributed by atoms with Gasteiger partial charge >= 0.3 is 0 Å². The van der Waals surface area contributed by atoms with Gasteiger partial charge in [-0.05, 0) is 31.2 Å². The first-order valence-electron chi connectivity index (χ1n) is 11.7. The molecule has 2 aliphatic heterocycles. The van der Waals surface area contributed by atoms with Crippen LogP contribution in [0.3, 0.4) is 0 Å². The minimum absolute atomic E-state index is 0.0233. The zero-order valence-corrected chi connectivity index (χ0v) is 20.6. The van der Waals surface area contributed by atoms with Crippen LogP contribution in [0, 0.1) is 11.6 Å². The third-order valence-electron chi connectivity index (χ3n) is 6.94. The molecule has 2 aliphatic rings. The van der Waals surface area contributed by atoms with Crippen LogP contribution in [0.2, 0.25) is 5.02 Å². The van der Waals surface area contributed by atoms with E-state index in [1.54, 1.807) is 4.90 Å². The largest absolute Gasteiger partial charge is 0.507 e. The Bertz CT molecular complexity index is 1490. The molecule has 2 atom stereocenters. The number of piperazine rings is 1. The number of anilines is 1. The Morgan fingerprint density at radius 2 is 2.05 bits per heavy atom. The molecule has 8 nitrogen and oxygen atoms in total. The molecule has 37 heavy (non-hydrogen) atoms. The summed E-state index contributed by atoms with van der Waals surface area (Å²) in [6.45, 7) is 5.41. The Morgan fingerprint density at radius 3 is 2.73 bits per heavy atom. The average Bonchev–Trinajstić information content (AvgIpc) is 2.86. The quantitative estimate of drug-likeness (QED) is 0.502. The number of benzene rings is 2. The summed E-state index contributed by atoms with van der Waals surface area (Å²) in [4.78, 5) is 29.4. The van der Waals surface area contributed by atoms with Gasteiger partial charge < -0.3 is 24.7 Å². The number of pyridine rings is 1. The molecule has 3 aromatic rings. The number of hydrogen-bond donors (Lipinski definition) is 2. The van der Waals surface area contributed by atoms with Gasteiger partial charge in [0.2, 0.25) is 11.7 Å². The molecule has 2 aromatic carbocycles. The maximum Gasteiger partial charge on any atom is 0.295 e. The standard InChI is InChI=1S/C26H24ClF2N3O5/c1-3-19(35)31-11-14-12-37-25-24(32(14)10-13(31)2)15-9-16(27)20(21-17(28)5-4-6-18(21)34)22(29)23(15)30(7-8-33)26(25)36/h3-6,9,13-14,33-34H,1,7-8,10-12H2,2H3. The summed E-state index contributed by atoms with van der Waals surface area (Å²) in [5.74, 6) is -2.69. The van der Waals surface area contributed by atoms with Crippen LogP contribution in [0.5, 0.6) is 11.5 Å². The van der Waals surface area contributed by atoms with Crippen molar-refractivity contribution in [3.63, 3.8) is 0 Å². The number of carbonyl (C=O) groups is 1. The molecule has 5 rings (SSSR count). The number of fused-ring (bicyclic) bond motifs is 5. The number of amides is 1. The summed E-state index contributed by atoms with van der Waals surface area (Å²) in [6.07, 6.45) is 1.24. The molecular formula is C26H24ClF2N3O5. The highest BCUT2D eigenvalue weighted by atomic mass is 35.5. The zero-order valence-electron chi connectivity index (χ0n) is 19.9. The van der Waals surface area contributed by atoms with Crippen molar-refractivity contribution in [2.75, 3.05) is 31.2 Å². The second-order valence-electron chi connectivity index (χ2n) is 9.10. The third kappa shape index (κ3) is 3.82. The number of aromatic nitrogens is 1. The number of nitrogens with zero attached hydrogens (tertiary/aromatic N) is 3. The zero-order chi connectivity index (χ0) is 26.6. The van der Waals surface area contributed by atoms with Crippen molar-refractivity contribution < 1.29 is 28.5 Å². The highest BCUT2D eigenvalue weighted by molar-refractivity contribution is 6.34. The smallest absolute Gasteiger partial charge is 0.295 e. The van der Waals surface area contributed by atoms with E-state index in [0.29, 0.717) is 18.8 Å². The third-order valence-corrected chi connectivity index (χ3v) is 7.24. The first kappa shape index (κ1) is 25.0. The van der Waals surface area contributed by atoms with Gasteiger partial charge in [-0.2, -0.15) is 0 Å². The van der Waals surface area contributed by atoms with Gasteiger partial charge in [-0.1, -0.05) is 24.2 Å². The van der Waals surface area contributed by atoms with Gasteiger partial charge in [0.25, 0.3) is 5.56 Å². The second-order valence-corrected chi connectivity index (χ2v) is 9.50. The van der Waals surface area contributed by atoms with Crippen molar-refractivity contribution in [2.24, 2.45) is 0 Å². The molecule has 194 valence electrons. The fourth-order valence-electron chi connectivity index (χ4n) is 5.28. The molecule has 0 saturated carbocycles. The van der Waals surface area contributed by atoms with E-state index in [4.69, 9.17) is 16.3 Å². The number of aromatic hydroxyl groups is 1. The molecule has 1 saturated heterocycles. The fraction of sp³-hybridized carbons (Fsp3) is 0.308. The number of halogens is 3. The number of rotatable bonds is 4. The van der Waals surface area contributed by atoms with Crippen LogP contribution in [-0.2, 0) is 11.3 Å². The van der Waals surface area contributed by atoms with Crippen LogP contribution in [0.4, 0.5) is 14.5 Å². The average molecular weight is 532 g/mol. The van der Waals surface area contributed by atoms with E-state index in [1.807, 2.05) is 11.8 Å². The Morgan fingerprint density at radius 1 is 1.30 bits per heavy atom. The number of aliphatic hydroxyl groups is 1. The van der Waals surface area contributed by atoms with Gasteiger partial charge in [0.1, 0.15) is 18.2 Å². The number of aliphatic hydroxyl groups excluding tert-OH is 1. The van der Waals surface area contributed by atoms with Crippen LogP contribution in [0.25, 0.3) is 22.0 Å². The van der Waals surface area contributed by atoms with Gasteiger partial charge in [0, 0.05) is 36.6 Å². The molecule has 2 unspecified atom stereocenters. The van der Waals surface area contributed by atoms with Gasteiger partial charge in [0.15, 0.2) is 5.82 Å². The van der Waals surface area contributed by atoms with E-state index < -0.39 is 40.7 Å². The Labute approximate surface area is 215 Å². The van der Waals surface area contributed by atoms with E-state index in [-0.39, 0.29) is 52.8 Å². The summed E-state index contributed by atoms with van der Waals surface area (Å²) in [6, 6.07) is 4.36. The molecule has 1 aromatic heterocycles. The highest BCUT2D eigenvalue weighted by Gasteiger charge is 2.40. The minimum atomic E-state index is -1.02. The van der Waals surface area contributed by atoms with Crippen molar-refractivity contribution in [1.29, 1.82) is 0 Å². The second kappa shape index (κ2) is 9.35.